The van der Waals surface area contributed by atoms with Crippen LogP contribution in [0.25, 0.3) is 0 Å². The third-order valence-corrected chi connectivity index (χ3v) is 11.4. The van der Waals surface area contributed by atoms with Crippen molar-refractivity contribution in [2.45, 2.75) is 105 Å². The van der Waals surface area contributed by atoms with Gasteiger partial charge in [-0.2, -0.15) is 0 Å². The standard InChI is InChI=1S/C21H46O5Si2/c1-13-24-19(23)16(2)18(22)21(6,7)17(26-27(8,9)10)14-15-25-28(11,12)20(3,4)5/h16-18,22H,13-15H2,1-12H3/t16-,17-,18+/m0/s1. The first kappa shape index (κ1) is 27.8. The maximum absolute atomic E-state index is 12.2. The number of aliphatic hydroxyl groups excluding tert-OH is 1. The zero-order valence-corrected chi connectivity index (χ0v) is 22.4. The van der Waals surface area contributed by atoms with Gasteiger partial charge in [0.25, 0.3) is 0 Å². The third kappa shape index (κ3) is 8.26. The number of rotatable bonds is 11. The van der Waals surface area contributed by atoms with Crippen LogP contribution in [-0.4, -0.2) is 53.1 Å². The second kappa shape index (κ2) is 10.2. The number of carbonyl (C=O) groups is 1. The zero-order chi connectivity index (χ0) is 22.6. The molecular weight excluding hydrogens is 388 g/mol. The molecule has 0 aliphatic heterocycles. The fourth-order valence-electron chi connectivity index (χ4n) is 2.88. The van der Waals surface area contributed by atoms with Gasteiger partial charge in [-0.25, -0.2) is 0 Å². The van der Waals surface area contributed by atoms with Gasteiger partial charge in [-0.15, -0.1) is 0 Å². The molecule has 0 spiro atoms. The van der Waals surface area contributed by atoms with Crippen LogP contribution >= 0.6 is 0 Å². The minimum Gasteiger partial charge on any atom is -0.466 e. The van der Waals surface area contributed by atoms with Crippen molar-refractivity contribution in [3.05, 3.63) is 0 Å². The molecule has 28 heavy (non-hydrogen) atoms. The molecule has 0 aliphatic rings. The number of ether oxygens (including phenoxy) is 1. The molecule has 0 saturated carbocycles. The first-order valence-electron chi connectivity index (χ1n) is 10.5. The van der Waals surface area contributed by atoms with Crippen molar-refractivity contribution in [1.29, 1.82) is 0 Å². The highest BCUT2D eigenvalue weighted by Gasteiger charge is 2.44. The molecular formula is C21H46O5Si2. The fraction of sp³-hybridized carbons (Fsp3) is 0.952. The zero-order valence-electron chi connectivity index (χ0n) is 20.4. The topological polar surface area (TPSA) is 65.0 Å². The van der Waals surface area contributed by atoms with Crippen molar-refractivity contribution in [3.63, 3.8) is 0 Å². The maximum atomic E-state index is 12.2. The van der Waals surface area contributed by atoms with Crippen LogP contribution < -0.4 is 0 Å². The van der Waals surface area contributed by atoms with E-state index in [4.69, 9.17) is 13.6 Å². The Bertz CT molecular complexity index is 492. The third-order valence-electron chi connectivity index (χ3n) is 5.87. The fourth-order valence-corrected chi connectivity index (χ4v) is 5.22. The molecule has 1 N–H and O–H groups in total. The Balaban J connectivity index is 5.39. The Morgan fingerprint density at radius 1 is 1.04 bits per heavy atom. The molecule has 168 valence electrons. The highest BCUT2D eigenvalue weighted by molar-refractivity contribution is 6.74. The van der Waals surface area contributed by atoms with E-state index in [0.29, 0.717) is 19.6 Å². The molecule has 0 aliphatic carbocycles. The average molecular weight is 435 g/mol. The SMILES string of the molecule is CCOC(=O)[C@@H](C)[C@@H](O)C(C)(C)[C@H](CCO[Si](C)(C)C(C)(C)C)O[Si](C)(C)C. The molecule has 0 rings (SSSR count). The smallest absolute Gasteiger partial charge is 0.311 e. The lowest BCUT2D eigenvalue weighted by atomic mass is 9.75. The summed E-state index contributed by atoms with van der Waals surface area (Å²) in [6.07, 6.45) is -0.368. The lowest BCUT2D eigenvalue weighted by molar-refractivity contribution is -0.157. The summed E-state index contributed by atoms with van der Waals surface area (Å²) < 4.78 is 18.0. The molecule has 5 nitrogen and oxygen atoms in total. The summed E-state index contributed by atoms with van der Waals surface area (Å²) in [7, 11) is -3.71. The molecule has 0 unspecified atom stereocenters. The van der Waals surface area contributed by atoms with Gasteiger partial charge in [-0.1, -0.05) is 34.6 Å². The van der Waals surface area contributed by atoms with Crippen LogP contribution in [-0.2, 0) is 18.4 Å². The Morgan fingerprint density at radius 2 is 1.54 bits per heavy atom. The molecule has 0 aromatic carbocycles. The lowest BCUT2D eigenvalue weighted by Crippen LogP contribution is -2.51. The van der Waals surface area contributed by atoms with Crippen LogP contribution in [0.2, 0.25) is 37.8 Å². The molecule has 0 heterocycles. The van der Waals surface area contributed by atoms with Crippen LogP contribution in [0.4, 0.5) is 0 Å². The van der Waals surface area contributed by atoms with Gasteiger partial charge in [0.2, 0.25) is 0 Å². The molecule has 0 bridgehead atoms. The van der Waals surface area contributed by atoms with Gasteiger partial charge in [0.05, 0.1) is 24.7 Å². The summed E-state index contributed by atoms with van der Waals surface area (Å²) in [6.45, 7) is 26.0. The Morgan fingerprint density at radius 3 is 1.93 bits per heavy atom. The quantitative estimate of drug-likeness (QED) is 0.357. The molecule has 0 aromatic heterocycles. The molecule has 0 radical (unpaired) electrons. The summed E-state index contributed by atoms with van der Waals surface area (Å²) in [5.74, 6) is -0.976. The predicted octanol–water partition coefficient (Wildman–Crippen LogP) is 5.20. The van der Waals surface area contributed by atoms with Gasteiger partial charge >= 0.3 is 5.97 Å². The Kier molecular flexibility index (Phi) is 10.1. The second-order valence-electron chi connectivity index (χ2n) is 10.9. The highest BCUT2D eigenvalue weighted by atomic mass is 28.4. The molecule has 0 aromatic rings. The number of aliphatic hydroxyl groups is 1. The van der Waals surface area contributed by atoms with Crippen molar-refractivity contribution in [3.8, 4) is 0 Å². The maximum Gasteiger partial charge on any atom is 0.311 e. The Labute approximate surface area is 175 Å². The molecule has 3 atom stereocenters. The van der Waals surface area contributed by atoms with Gasteiger partial charge in [0, 0.05) is 12.0 Å². The van der Waals surface area contributed by atoms with Crippen molar-refractivity contribution >= 4 is 22.6 Å². The van der Waals surface area contributed by atoms with E-state index in [1.807, 2.05) is 13.8 Å². The van der Waals surface area contributed by atoms with Crippen LogP contribution in [0.3, 0.4) is 0 Å². The molecule has 0 amide bonds. The van der Waals surface area contributed by atoms with Crippen LogP contribution in [0.1, 0.15) is 54.9 Å². The van der Waals surface area contributed by atoms with Crippen molar-refractivity contribution in [1.82, 2.24) is 0 Å². The minimum atomic E-state index is -1.86. The van der Waals surface area contributed by atoms with E-state index in [1.54, 1.807) is 13.8 Å². The summed E-state index contributed by atoms with van der Waals surface area (Å²) in [6, 6.07) is 0. The van der Waals surface area contributed by atoms with E-state index >= 15 is 0 Å². The van der Waals surface area contributed by atoms with Crippen molar-refractivity contribution in [2.75, 3.05) is 13.2 Å². The van der Waals surface area contributed by atoms with E-state index < -0.39 is 34.1 Å². The lowest BCUT2D eigenvalue weighted by Gasteiger charge is -2.43. The number of carbonyl (C=O) groups excluding carboxylic acids is 1. The number of esters is 1. The monoisotopic (exact) mass is 434 g/mol. The molecule has 0 saturated heterocycles. The minimum absolute atomic E-state index is 0.148. The Hall–Kier alpha value is -0.216. The largest absolute Gasteiger partial charge is 0.466 e. The first-order chi connectivity index (χ1) is 12.4. The normalized spacial score (nSPS) is 17.2. The van der Waals surface area contributed by atoms with Gasteiger partial charge in [-0.05, 0) is 58.0 Å². The summed E-state index contributed by atoms with van der Waals surface area (Å²) >= 11 is 0. The van der Waals surface area contributed by atoms with Crippen molar-refractivity contribution in [2.24, 2.45) is 11.3 Å². The van der Waals surface area contributed by atoms with Gasteiger partial charge in [-0.3, -0.25) is 4.79 Å². The van der Waals surface area contributed by atoms with Crippen LogP contribution in [0.5, 0.6) is 0 Å². The van der Waals surface area contributed by atoms with Gasteiger partial charge in [0.15, 0.2) is 16.6 Å². The van der Waals surface area contributed by atoms with E-state index in [1.165, 1.54) is 0 Å². The van der Waals surface area contributed by atoms with E-state index in [9.17, 15) is 9.90 Å². The van der Waals surface area contributed by atoms with E-state index in [-0.39, 0.29) is 17.1 Å². The van der Waals surface area contributed by atoms with Crippen LogP contribution in [0.15, 0.2) is 0 Å². The van der Waals surface area contributed by atoms with Gasteiger partial charge < -0.3 is 18.7 Å². The number of hydrogen-bond acceptors (Lipinski definition) is 5. The van der Waals surface area contributed by atoms with Crippen molar-refractivity contribution < 1.29 is 23.5 Å². The molecule has 7 heteroatoms. The highest BCUT2D eigenvalue weighted by Crippen LogP contribution is 2.38. The van der Waals surface area contributed by atoms with Crippen LogP contribution in [0, 0.1) is 11.3 Å². The van der Waals surface area contributed by atoms with E-state index in [2.05, 4.69) is 53.5 Å². The summed E-state index contributed by atoms with van der Waals surface area (Å²) in [5.41, 5.74) is -0.608. The first-order valence-corrected chi connectivity index (χ1v) is 16.8. The van der Waals surface area contributed by atoms with E-state index in [0.717, 1.165) is 0 Å². The summed E-state index contributed by atoms with van der Waals surface area (Å²) in [4.78, 5) is 12.2. The predicted molar refractivity (Wildman–Crippen MR) is 122 cm³/mol. The number of hydrogen-bond donors (Lipinski definition) is 1. The summed E-state index contributed by atoms with van der Waals surface area (Å²) in [5, 5.41) is 11.1. The average Bonchev–Trinajstić information content (AvgIpc) is 2.50. The second-order valence-corrected chi connectivity index (χ2v) is 20.2. The molecule has 0 fully saturated rings. The van der Waals surface area contributed by atoms with Gasteiger partial charge in [0.1, 0.15) is 0 Å².